The summed E-state index contributed by atoms with van der Waals surface area (Å²) < 4.78 is 25.3. The highest BCUT2D eigenvalue weighted by atomic mass is 79.9. The molecular formula is C6H5BrF2N2O. The second-order valence-electron chi connectivity index (χ2n) is 2.14. The van der Waals surface area contributed by atoms with Gasteiger partial charge in [0.15, 0.2) is 0 Å². The number of halogens is 3. The SMILES string of the molecule is Cn1nc(Br)cc1C(=O)C(F)F. The molecule has 0 radical (unpaired) electrons. The van der Waals surface area contributed by atoms with Crippen molar-refractivity contribution in [2.75, 3.05) is 0 Å². The van der Waals surface area contributed by atoms with E-state index in [4.69, 9.17) is 0 Å². The molecule has 0 saturated carbocycles. The van der Waals surface area contributed by atoms with E-state index in [0.717, 1.165) is 4.68 Å². The number of ketones is 1. The van der Waals surface area contributed by atoms with Gasteiger partial charge in [0, 0.05) is 13.1 Å². The summed E-state index contributed by atoms with van der Waals surface area (Å²) in [5.41, 5.74) is -0.100. The fourth-order valence-corrected chi connectivity index (χ4v) is 1.23. The Labute approximate surface area is 75.5 Å². The first-order chi connectivity index (χ1) is 5.52. The van der Waals surface area contributed by atoms with Gasteiger partial charge in [-0.3, -0.25) is 9.48 Å². The minimum Gasteiger partial charge on any atom is -0.286 e. The Morgan fingerprint density at radius 1 is 1.75 bits per heavy atom. The fraction of sp³-hybridized carbons (Fsp3) is 0.333. The summed E-state index contributed by atoms with van der Waals surface area (Å²) in [6.07, 6.45) is -2.98. The van der Waals surface area contributed by atoms with Crippen molar-refractivity contribution >= 4 is 21.7 Å². The molecule has 0 amide bonds. The lowest BCUT2D eigenvalue weighted by molar-refractivity contribution is 0.0668. The number of rotatable bonds is 2. The topological polar surface area (TPSA) is 34.9 Å². The molecule has 1 rings (SSSR count). The van der Waals surface area contributed by atoms with E-state index in [2.05, 4.69) is 21.0 Å². The summed E-state index contributed by atoms with van der Waals surface area (Å²) in [6.45, 7) is 0. The lowest BCUT2D eigenvalue weighted by Gasteiger charge is -1.97. The van der Waals surface area contributed by atoms with Crippen molar-refractivity contribution in [3.8, 4) is 0 Å². The first kappa shape index (κ1) is 9.31. The van der Waals surface area contributed by atoms with Crippen LogP contribution in [0.4, 0.5) is 8.78 Å². The van der Waals surface area contributed by atoms with Crippen LogP contribution in [-0.4, -0.2) is 22.0 Å². The number of carbonyl (C=O) groups is 1. The summed E-state index contributed by atoms with van der Waals surface area (Å²) in [6, 6.07) is 1.26. The molecule has 0 atom stereocenters. The Bertz CT molecular complexity index is 310. The van der Waals surface area contributed by atoms with Gasteiger partial charge in [0.2, 0.25) is 5.78 Å². The van der Waals surface area contributed by atoms with Crippen LogP contribution in [0, 0.1) is 0 Å². The van der Waals surface area contributed by atoms with E-state index in [0.29, 0.717) is 4.60 Å². The van der Waals surface area contributed by atoms with Crippen molar-refractivity contribution in [3.05, 3.63) is 16.4 Å². The predicted molar refractivity (Wildman–Crippen MR) is 41.2 cm³/mol. The van der Waals surface area contributed by atoms with E-state index < -0.39 is 12.2 Å². The van der Waals surface area contributed by atoms with Crippen LogP contribution in [0.3, 0.4) is 0 Å². The highest BCUT2D eigenvalue weighted by Crippen LogP contribution is 2.12. The van der Waals surface area contributed by atoms with Gasteiger partial charge < -0.3 is 0 Å². The molecule has 0 spiro atoms. The Hall–Kier alpha value is -0.780. The molecule has 1 aromatic rings. The van der Waals surface area contributed by atoms with Gasteiger partial charge in [0.05, 0.1) is 0 Å². The third-order valence-electron chi connectivity index (χ3n) is 1.30. The normalized spacial score (nSPS) is 10.8. The van der Waals surface area contributed by atoms with E-state index in [9.17, 15) is 13.6 Å². The van der Waals surface area contributed by atoms with Gasteiger partial charge in [-0.1, -0.05) is 0 Å². The minimum atomic E-state index is -2.98. The van der Waals surface area contributed by atoms with Crippen molar-refractivity contribution in [1.82, 2.24) is 9.78 Å². The zero-order valence-electron chi connectivity index (χ0n) is 6.09. The van der Waals surface area contributed by atoms with E-state index in [1.54, 1.807) is 0 Å². The molecule has 0 unspecified atom stereocenters. The average molecular weight is 239 g/mol. The Morgan fingerprint density at radius 2 is 2.33 bits per heavy atom. The van der Waals surface area contributed by atoms with Gasteiger partial charge in [-0.15, -0.1) is 0 Å². The molecule has 1 aromatic heterocycles. The average Bonchev–Trinajstić information content (AvgIpc) is 2.28. The fourth-order valence-electron chi connectivity index (χ4n) is 0.775. The quantitative estimate of drug-likeness (QED) is 0.735. The van der Waals surface area contributed by atoms with Crippen LogP contribution >= 0.6 is 15.9 Å². The van der Waals surface area contributed by atoms with Gasteiger partial charge in [-0.25, -0.2) is 8.78 Å². The third kappa shape index (κ3) is 1.69. The number of carbonyl (C=O) groups excluding carboxylic acids is 1. The van der Waals surface area contributed by atoms with Gasteiger partial charge in [0.1, 0.15) is 10.3 Å². The molecule has 66 valence electrons. The lowest BCUT2D eigenvalue weighted by atomic mass is 10.3. The summed E-state index contributed by atoms with van der Waals surface area (Å²) in [4.78, 5) is 10.7. The van der Waals surface area contributed by atoms with Gasteiger partial charge in [0.25, 0.3) is 0 Å². The van der Waals surface area contributed by atoms with Crippen LogP contribution in [0.2, 0.25) is 0 Å². The zero-order chi connectivity index (χ0) is 9.30. The van der Waals surface area contributed by atoms with Crippen LogP contribution < -0.4 is 0 Å². The first-order valence-electron chi connectivity index (χ1n) is 3.04. The van der Waals surface area contributed by atoms with Gasteiger partial charge in [-0.2, -0.15) is 5.10 Å². The molecule has 1 heterocycles. The molecule has 0 aliphatic rings. The maximum absolute atomic E-state index is 11.9. The van der Waals surface area contributed by atoms with Crippen LogP contribution in [0.25, 0.3) is 0 Å². The highest BCUT2D eigenvalue weighted by molar-refractivity contribution is 9.10. The smallest absolute Gasteiger partial charge is 0.286 e. The number of alkyl halides is 2. The van der Waals surface area contributed by atoms with Crippen molar-refractivity contribution < 1.29 is 13.6 Å². The molecule has 0 N–H and O–H groups in total. The van der Waals surface area contributed by atoms with E-state index in [1.807, 2.05) is 0 Å². The number of hydrogen-bond acceptors (Lipinski definition) is 2. The van der Waals surface area contributed by atoms with E-state index in [1.165, 1.54) is 13.1 Å². The Kier molecular flexibility index (Phi) is 2.56. The Balaban J connectivity index is 3.02. The molecule has 0 aliphatic heterocycles. The van der Waals surface area contributed by atoms with E-state index in [-0.39, 0.29) is 5.69 Å². The second kappa shape index (κ2) is 3.30. The summed E-state index contributed by atoms with van der Waals surface area (Å²) in [7, 11) is 1.43. The number of Topliss-reactive ketones (excluding diaryl/α,β-unsaturated/α-hetero) is 1. The number of nitrogens with zero attached hydrogens (tertiary/aromatic N) is 2. The summed E-state index contributed by atoms with van der Waals surface area (Å²) >= 11 is 2.97. The van der Waals surface area contributed by atoms with Gasteiger partial charge in [-0.05, 0) is 15.9 Å². The molecule has 0 fully saturated rings. The number of hydrogen-bond donors (Lipinski definition) is 0. The van der Waals surface area contributed by atoms with Crippen LogP contribution in [-0.2, 0) is 7.05 Å². The van der Waals surface area contributed by atoms with Crippen LogP contribution in [0.1, 0.15) is 10.5 Å². The molecule has 0 saturated heterocycles. The maximum atomic E-state index is 11.9. The highest BCUT2D eigenvalue weighted by Gasteiger charge is 2.21. The predicted octanol–water partition coefficient (Wildman–Crippen LogP) is 1.63. The standard InChI is InChI=1S/C6H5BrF2N2O/c1-11-3(2-4(7)10-11)5(12)6(8)9/h2,6H,1H3. The van der Waals surface area contributed by atoms with Crippen molar-refractivity contribution in [2.45, 2.75) is 6.43 Å². The minimum absolute atomic E-state index is 0.100. The largest absolute Gasteiger partial charge is 0.302 e. The first-order valence-corrected chi connectivity index (χ1v) is 3.83. The molecule has 3 nitrogen and oxygen atoms in total. The summed E-state index contributed by atoms with van der Waals surface area (Å²) in [5, 5.41) is 3.69. The Morgan fingerprint density at radius 3 is 2.67 bits per heavy atom. The van der Waals surface area contributed by atoms with Crippen LogP contribution in [0.15, 0.2) is 10.7 Å². The molecule has 0 aromatic carbocycles. The van der Waals surface area contributed by atoms with E-state index >= 15 is 0 Å². The third-order valence-corrected chi connectivity index (χ3v) is 1.69. The summed E-state index contributed by atoms with van der Waals surface area (Å²) in [5.74, 6) is -1.21. The van der Waals surface area contributed by atoms with Gasteiger partial charge >= 0.3 is 6.43 Å². The monoisotopic (exact) mass is 238 g/mol. The van der Waals surface area contributed by atoms with Crippen molar-refractivity contribution in [2.24, 2.45) is 7.05 Å². The molecule has 12 heavy (non-hydrogen) atoms. The number of aryl methyl sites for hydroxylation is 1. The van der Waals surface area contributed by atoms with Crippen molar-refractivity contribution in [3.63, 3.8) is 0 Å². The number of aromatic nitrogens is 2. The molecule has 0 aliphatic carbocycles. The lowest BCUT2D eigenvalue weighted by Crippen LogP contribution is -2.14. The van der Waals surface area contributed by atoms with Crippen molar-refractivity contribution in [1.29, 1.82) is 0 Å². The van der Waals surface area contributed by atoms with Crippen LogP contribution in [0.5, 0.6) is 0 Å². The molecule has 0 bridgehead atoms. The molecule has 6 heteroatoms. The maximum Gasteiger partial charge on any atom is 0.302 e. The molecular weight excluding hydrogens is 234 g/mol. The second-order valence-corrected chi connectivity index (χ2v) is 2.95. The zero-order valence-corrected chi connectivity index (χ0v) is 7.68.